The number of pyridine rings is 1. The Morgan fingerprint density at radius 3 is 2.74 bits per heavy atom. The molecule has 19 heavy (non-hydrogen) atoms. The van der Waals surface area contributed by atoms with Gasteiger partial charge in [-0.05, 0) is 31.9 Å². The molecule has 1 heterocycles. The summed E-state index contributed by atoms with van der Waals surface area (Å²) in [5, 5.41) is 0. The van der Waals surface area contributed by atoms with Gasteiger partial charge < -0.3 is 9.47 Å². The Morgan fingerprint density at radius 1 is 1.37 bits per heavy atom. The number of hydrogen-bond acceptors (Lipinski definition) is 4. The molecule has 1 aliphatic carbocycles. The molecule has 0 bridgehead atoms. The van der Waals surface area contributed by atoms with Crippen molar-refractivity contribution in [3.63, 3.8) is 0 Å². The first-order chi connectivity index (χ1) is 9.23. The average molecular weight is 263 g/mol. The molecule has 1 aromatic heterocycles. The minimum atomic E-state index is -0.700. The Bertz CT molecular complexity index is 433. The monoisotopic (exact) mass is 263 g/mol. The van der Waals surface area contributed by atoms with E-state index in [-0.39, 0.29) is 5.78 Å². The van der Waals surface area contributed by atoms with Crippen molar-refractivity contribution in [2.45, 2.75) is 44.6 Å². The van der Waals surface area contributed by atoms with Crippen molar-refractivity contribution in [1.29, 1.82) is 0 Å². The topological polar surface area (TPSA) is 48.4 Å². The number of nitrogens with zero attached hydrogens (tertiary/aromatic N) is 1. The number of carbonyl (C=O) groups excluding carboxylic acids is 1. The molecule has 4 heteroatoms. The summed E-state index contributed by atoms with van der Waals surface area (Å²) < 4.78 is 11.1. The lowest BCUT2D eigenvalue weighted by Crippen LogP contribution is -2.44. The highest BCUT2D eigenvalue weighted by molar-refractivity contribution is 6.03. The maximum Gasteiger partial charge on any atom is 0.216 e. The van der Waals surface area contributed by atoms with Crippen LogP contribution in [-0.2, 0) is 4.74 Å². The highest BCUT2D eigenvalue weighted by Gasteiger charge is 2.42. The molecule has 0 aromatic carbocycles. The first-order valence-corrected chi connectivity index (χ1v) is 6.91. The van der Waals surface area contributed by atoms with Crippen molar-refractivity contribution in [2.75, 3.05) is 13.7 Å². The Kier molecular flexibility index (Phi) is 4.53. The van der Waals surface area contributed by atoms with Gasteiger partial charge in [0.1, 0.15) is 11.4 Å². The second-order valence-corrected chi connectivity index (χ2v) is 4.87. The zero-order valence-electron chi connectivity index (χ0n) is 11.6. The number of hydrogen-bond donors (Lipinski definition) is 0. The van der Waals surface area contributed by atoms with E-state index in [2.05, 4.69) is 4.98 Å². The van der Waals surface area contributed by atoms with Crippen LogP contribution in [0.4, 0.5) is 0 Å². The van der Waals surface area contributed by atoms with Gasteiger partial charge in [-0.2, -0.15) is 0 Å². The van der Waals surface area contributed by atoms with Crippen LogP contribution in [0.1, 0.15) is 49.5 Å². The molecule has 1 aromatic rings. The fourth-order valence-electron chi connectivity index (χ4n) is 2.78. The molecule has 1 saturated carbocycles. The van der Waals surface area contributed by atoms with Crippen molar-refractivity contribution in [3.05, 3.63) is 24.0 Å². The fraction of sp³-hybridized carbons (Fsp3) is 0.600. The predicted molar refractivity (Wildman–Crippen MR) is 72.6 cm³/mol. The van der Waals surface area contributed by atoms with Gasteiger partial charge in [-0.25, -0.2) is 4.98 Å². The molecule has 104 valence electrons. The fourth-order valence-corrected chi connectivity index (χ4v) is 2.78. The van der Waals surface area contributed by atoms with Crippen LogP contribution in [0.15, 0.2) is 18.3 Å². The van der Waals surface area contributed by atoms with Gasteiger partial charge in [0.15, 0.2) is 5.69 Å². The van der Waals surface area contributed by atoms with Gasteiger partial charge in [-0.3, -0.25) is 4.79 Å². The van der Waals surface area contributed by atoms with E-state index in [9.17, 15) is 4.79 Å². The molecule has 0 unspecified atom stereocenters. The quantitative estimate of drug-likeness (QED) is 0.766. The number of methoxy groups -OCH3 is 1. The Balaban J connectivity index is 2.33. The van der Waals surface area contributed by atoms with Gasteiger partial charge in [0.25, 0.3) is 0 Å². The van der Waals surface area contributed by atoms with Crippen LogP contribution in [-0.4, -0.2) is 30.1 Å². The van der Waals surface area contributed by atoms with Crippen LogP contribution in [0.3, 0.4) is 0 Å². The lowest BCUT2D eigenvalue weighted by molar-refractivity contribution is -0.0415. The summed E-state index contributed by atoms with van der Waals surface area (Å²) in [6, 6.07) is 3.53. The molecule has 1 fully saturated rings. The summed E-state index contributed by atoms with van der Waals surface area (Å²) in [6.07, 6.45) is 6.40. The van der Waals surface area contributed by atoms with Crippen LogP contribution >= 0.6 is 0 Å². The van der Waals surface area contributed by atoms with Crippen molar-refractivity contribution < 1.29 is 14.3 Å². The minimum Gasteiger partial charge on any atom is -0.494 e. The van der Waals surface area contributed by atoms with E-state index in [1.54, 1.807) is 25.4 Å². The van der Waals surface area contributed by atoms with Gasteiger partial charge in [-0.15, -0.1) is 0 Å². The van der Waals surface area contributed by atoms with E-state index in [4.69, 9.17) is 9.47 Å². The van der Waals surface area contributed by atoms with Crippen LogP contribution in [0.5, 0.6) is 5.75 Å². The summed E-state index contributed by atoms with van der Waals surface area (Å²) in [6.45, 7) is 2.47. The Hall–Kier alpha value is -1.42. The number of carbonyl (C=O) groups is 1. The summed E-state index contributed by atoms with van der Waals surface area (Å²) >= 11 is 0. The predicted octanol–water partition coefficient (Wildman–Crippen LogP) is 3.01. The van der Waals surface area contributed by atoms with E-state index < -0.39 is 5.60 Å². The second-order valence-electron chi connectivity index (χ2n) is 4.87. The number of aromatic nitrogens is 1. The SMILES string of the molecule is CCOC1(C(=O)c2ncccc2OC)CCCCC1. The Labute approximate surface area is 114 Å². The highest BCUT2D eigenvalue weighted by atomic mass is 16.5. The van der Waals surface area contributed by atoms with E-state index in [0.29, 0.717) is 18.1 Å². The van der Waals surface area contributed by atoms with E-state index in [0.717, 1.165) is 25.7 Å². The van der Waals surface area contributed by atoms with E-state index in [1.165, 1.54) is 6.42 Å². The summed E-state index contributed by atoms with van der Waals surface area (Å²) in [4.78, 5) is 17.0. The Morgan fingerprint density at radius 2 is 2.11 bits per heavy atom. The summed E-state index contributed by atoms with van der Waals surface area (Å²) in [5.74, 6) is 0.489. The molecule has 4 nitrogen and oxygen atoms in total. The number of rotatable bonds is 5. The minimum absolute atomic E-state index is 0.0356. The number of ether oxygens (including phenoxy) is 2. The smallest absolute Gasteiger partial charge is 0.216 e. The normalized spacial score (nSPS) is 18.0. The molecular formula is C15H21NO3. The average Bonchev–Trinajstić information content (AvgIpc) is 2.47. The van der Waals surface area contributed by atoms with Crippen molar-refractivity contribution in [3.8, 4) is 5.75 Å². The van der Waals surface area contributed by atoms with Crippen LogP contribution in [0.2, 0.25) is 0 Å². The third-order valence-electron chi connectivity index (χ3n) is 3.70. The van der Waals surface area contributed by atoms with Crippen molar-refractivity contribution >= 4 is 5.78 Å². The summed E-state index contributed by atoms with van der Waals surface area (Å²) in [7, 11) is 1.56. The van der Waals surface area contributed by atoms with Gasteiger partial charge in [-0.1, -0.05) is 19.3 Å². The van der Waals surface area contributed by atoms with Gasteiger partial charge in [0, 0.05) is 12.8 Å². The number of ketones is 1. The van der Waals surface area contributed by atoms with Crippen LogP contribution in [0.25, 0.3) is 0 Å². The third kappa shape index (κ3) is 2.78. The molecule has 0 amide bonds. The maximum atomic E-state index is 12.8. The zero-order chi connectivity index (χ0) is 13.7. The molecule has 0 aliphatic heterocycles. The molecule has 0 atom stereocenters. The third-order valence-corrected chi connectivity index (χ3v) is 3.70. The zero-order valence-corrected chi connectivity index (χ0v) is 11.6. The van der Waals surface area contributed by atoms with Gasteiger partial charge >= 0.3 is 0 Å². The van der Waals surface area contributed by atoms with Crippen LogP contribution in [0, 0.1) is 0 Å². The van der Waals surface area contributed by atoms with Crippen LogP contribution < -0.4 is 4.74 Å². The largest absolute Gasteiger partial charge is 0.494 e. The summed E-state index contributed by atoms with van der Waals surface area (Å²) in [5.41, 5.74) is -0.311. The first-order valence-electron chi connectivity index (χ1n) is 6.91. The van der Waals surface area contributed by atoms with Crippen molar-refractivity contribution in [1.82, 2.24) is 4.98 Å². The first kappa shape index (κ1) is 14.0. The number of Topliss-reactive ketones (excluding diaryl/α,β-unsaturated/α-hetero) is 1. The molecular weight excluding hydrogens is 242 g/mol. The molecule has 0 radical (unpaired) electrons. The van der Waals surface area contributed by atoms with Gasteiger partial charge in [0.05, 0.1) is 7.11 Å². The van der Waals surface area contributed by atoms with E-state index in [1.807, 2.05) is 6.92 Å². The molecule has 0 spiro atoms. The maximum absolute atomic E-state index is 12.8. The molecule has 2 rings (SSSR count). The van der Waals surface area contributed by atoms with Crippen molar-refractivity contribution in [2.24, 2.45) is 0 Å². The van der Waals surface area contributed by atoms with E-state index >= 15 is 0 Å². The highest BCUT2D eigenvalue weighted by Crippen LogP contribution is 2.35. The molecule has 1 aliphatic rings. The molecule has 0 N–H and O–H groups in total. The van der Waals surface area contributed by atoms with Gasteiger partial charge in [0.2, 0.25) is 5.78 Å². The second kappa shape index (κ2) is 6.15. The molecule has 0 saturated heterocycles. The lowest BCUT2D eigenvalue weighted by Gasteiger charge is -2.35. The standard InChI is InChI=1S/C15H21NO3/c1-3-19-15(9-5-4-6-10-15)14(17)13-12(18-2)8-7-11-16-13/h7-8,11H,3-6,9-10H2,1-2H3. The lowest BCUT2D eigenvalue weighted by atomic mass is 9.80.